The van der Waals surface area contributed by atoms with Crippen LogP contribution in [-0.2, 0) is 9.84 Å². The quantitative estimate of drug-likeness (QED) is 0.757. The zero-order chi connectivity index (χ0) is 17.2. The molecule has 0 aliphatic heterocycles. The Kier molecular flexibility index (Phi) is 4.71. The number of nitrogens with zero attached hydrogens (tertiary/aromatic N) is 2. The summed E-state index contributed by atoms with van der Waals surface area (Å²) in [6.45, 7) is -0.395. The Balaban J connectivity index is 1.97. The fourth-order valence-electron chi connectivity index (χ4n) is 2.38. The summed E-state index contributed by atoms with van der Waals surface area (Å²) < 4.78 is 25.7. The van der Waals surface area contributed by atoms with E-state index in [1.807, 2.05) is 18.2 Å². The minimum atomic E-state index is -3.45. The van der Waals surface area contributed by atoms with Crippen LogP contribution in [0.5, 0.6) is 0 Å². The maximum atomic E-state index is 12.0. The van der Waals surface area contributed by atoms with Crippen molar-refractivity contribution in [2.45, 2.75) is 4.90 Å². The molecule has 0 spiro atoms. The van der Waals surface area contributed by atoms with E-state index in [4.69, 9.17) is 16.7 Å². The molecule has 1 aromatic heterocycles. The van der Waals surface area contributed by atoms with Gasteiger partial charge in [-0.05, 0) is 42.5 Å². The van der Waals surface area contributed by atoms with E-state index in [-0.39, 0.29) is 10.6 Å². The minimum absolute atomic E-state index is 0.192. The highest BCUT2D eigenvalue weighted by Gasteiger charge is 2.14. The molecule has 1 heterocycles. The third-order valence-corrected chi connectivity index (χ3v) is 5.55. The molecule has 24 heavy (non-hydrogen) atoms. The molecule has 0 amide bonds. The van der Waals surface area contributed by atoms with E-state index in [1.165, 1.54) is 0 Å². The summed E-state index contributed by atoms with van der Waals surface area (Å²) in [5, 5.41) is 13.8. The predicted octanol–water partition coefficient (Wildman–Crippen LogP) is 2.96. The van der Waals surface area contributed by atoms with E-state index >= 15 is 0 Å². The van der Waals surface area contributed by atoms with Gasteiger partial charge in [0.15, 0.2) is 9.84 Å². The van der Waals surface area contributed by atoms with Crippen LogP contribution in [0.1, 0.15) is 0 Å². The van der Waals surface area contributed by atoms with E-state index in [9.17, 15) is 8.42 Å². The second-order valence-corrected chi connectivity index (χ2v) is 7.72. The topological polar surface area (TPSA) is 72.2 Å². The molecule has 0 fully saturated rings. The summed E-state index contributed by atoms with van der Waals surface area (Å²) in [5.74, 6) is -0.283. The number of sulfone groups is 1. The van der Waals surface area contributed by atoms with Gasteiger partial charge in [-0.25, -0.2) is 13.1 Å². The van der Waals surface area contributed by atoms with Crippen molar-refractivity contribution in [1.29, 1.82) is 0 Å². The molecule has 0 aliphatic carbocycles. The molecule has 0 radical (unpaired) electrons. The fourth-order valence-corrected chi connectivity index (χ4v) is 3.53. The molecule has 2 aromatic carbocycles. The van der Waals surface area contributed by atoms with Crippen LogP contribution in [0, 0.1) is 0 Å². The first-order valence-electron chi connectivity index (χ1n) is 7.25. The Morgan fingerprint density at radius 1 is 1.00 bits per heavy atom. The first-order valence-corrected chi connectivity index (χ1v) is 9.28. The summed E-state index contributed by atoms with van der Waals surface area (Å²) in [5.41, 5.74) is 2.53. The highest BCUT2D eigenvalue weighted by Crippen LogP contribution is 2.24. The molecule has 5 nitrogen and oxygen atoms in total. The lowest BCUT2D eigenvalue weighted by molar-refractivity contribution is 0.319. The standard InChI is InChI=1S/C17H15ClN2O3S/c18-14-3-5-15(6-4-14)20-17(9-10-19-20)13-1-7-16(8-2-13)24(22,23)12-11-21/h1-10,21H,11-12H2. The first-order chi connectivity index (χ1) is 11.5. The normalized spacial score (nSPS) is 11.6. The number of halogens is 1. The smallest absolute Gasteiger partial charge is 0.180 e. The van der Waals surface area contributed by atoms with E-state index in [0.717, 1.165) is 16.9 Å². The average Bonchev–Trinajstić information content (AvgIpc) is 3.05. The van der Waals surface area contributed by atoms with Crippen molar-refractivity contribution in [3.05, 3.63) is 65.8 Å². The van der Waals surface area contributed by atoms with Crippen molar-refractivity contribution in [2.75, 3.05) is 12.4 Å². The van der Waals surface area contributed by atoms with Gasteiger partial charge < -0.3 is 5.11 Å². The molecular formula is C17H15ClN2O3S. The van der Waals surface area contributed by atoms with Gasteiger partial charge in [-0.1, -0.05) is 23.7 Å². The van der Waals surface area contributed by atoms with Gasteiger partial charge in [-0.3, -0.25) is 0 Å². The van der Waals surface area contributed by atoms with Crippen molar-refractivity contribution < 1.29 is 13.5 Å². The number of rotatable bonds is 5. The van der Waals surface area contributed by atoms with Gasteiger partial charge in [-0.2, -0.15) is 5.10 Å². The second-order valence-electron chi connectivity index (χ2n) is 5.17. The van der Waals surface area contributed by atoms with Gasteiger partial charge in [0.1, 0.15) is 0 Å². The molecule has 0 unspecified atom stereocenters. The molecular weight excluding hydrogens is 348 g/mol. The highest BCUT2D eigenvalue weighted by molar-refractivity contribution is 7.91. The molecule has 1 N–H and O–H groups in total. The number of hydrogen-bond acceptors (Lipinski definition) is 4. The molecule has 3 aromatic rings. The summed E-state index contributed by atoms with van der Waals surface area (Å²) in [4.78, 5) is 0.192. The largest absolute Gasteiger partial charge is 0.395 e. The van der Waals surface area contributed by atoms with Crippen molar-refractivity contribution >= 4 is 21.4 Å². The van der Waals surface area contributed by atoms with Gasteiger partial charge in [-0.15, -0.1) is 0 Å². The molecule has 0 aliphatic rings. The van der Waals surface area contributed by atoms with E-state index in [2.05, 4.69) is 5.10 Å². The maximum absolute atomic E-state index is 12.0. The number of hydrogen-bond donors (Lipinski definition) is 1. The van der Waals surface area contributed by atoms with E-state index < -0.39 is 16.4 Å². The summed E-state index contributed by atoms with van der Waals surface area (Å²) >= 11 is 5.91. The Morgan fingerprint density at radius 3 is 2.29 bits per heavy atom. The second kappa shape index (κ2) is 6.76. The van der Waals surface area contributed by atoms with Crippen LogP contribution in [-0.4, -0.2) is 35.7 Å². The zero-order valence-electron chi connectivity index (χ0n) is 12.6. The lowest BCUT2D eigenvalue weighted by Gasteiger charge is -2.09. The van der Waals surface area contributed by atoms with Gasteiger partial charge >= 0.3 is 0 Å². The van der Waals surface area contributed by atoms with Gasteiger partial charge in [0.2, 0.25) is 0 Å². The first kappa shape index (κ1) is 16.7. The van der Waals surface area contributed by atoms with Crippen LogP contribution < -0.4 is 0 Å². The monoisotopic (exact) mass is 362 g/mol. The Hall–Kier alpha value is -2.15. The molecule has 0 saturated heterocycles. The van der Waals surface area contributed by atoms with Crippen LogP contribution >= 0.6 is 11.6 Å². The van der Waals surface area contributed by atoms with Crippen molar-refractivity contribution in [1.82, 2.24) is 9.78 Å². The van der Waals surface area contributed by atoms with Crippen LogP contribution in [0.2, 0.25) is 5.02 Å². The SMILES string of the molecule is O=S(=O)(CCO)c1ccc(-c2ccnn2-c2ccc(Cl)cc2)cc1. The summed E-state index contributed by atoms with van der Waals surface area (Å²) in [7, 11) is -3.45. The molecule has 7 heteroatoms. The third-order valence-electron chi connectivity index (χ3n) is 3.58. The molecule has 3 rings (SSSR count). The summed E-state index contributed by atoms with van der Waals surface area (Å²) in [6, 6.07) is 15.7. The Labute approximate surface area is 145 Å². The number of benzene rings is 2. The molecule has 0 saturated carbocycles. The van der Waals surface area contributed by atoms with Crippen molar-refractivity contribution in [2.24, 2.45) is 0 Å². The van der Waals surface area contributed by atoms with Crippen LogP contribution in [0.15, 0.2) is 65.7 Å². The predicted molar refractivity (Wildman–Crippen MR) is 93.1 cm³/mol. The van der Waals surface area contributed by atoms with E-state index in [1.54, 1.807) is 47.3 Å². The van der Waals surface area contributed by atoms with Crippen LogP contribution in [0.3, 0.4) is 0 Å². The van der Waals surface area contributed by atoms with Crippen molar-refractivity contribution in [3.8, 4) is 16.9 Å². The van der Waals surface area contributed by atoms with Gasteiger partial charge in [0, 0.05) is 10.6 Å². The fraction of sp³-hybridized carbons (Fsp3) is 0.118. The molecule has 0 bridgehead atoms. The minimum Gasteiger partial charge on any atom is -0.395 e. The lowest BCUT2D eigenvalue weighted by Crippen LogP contribution is -2.09. The van der Waals surface area contributed by atoms with Gasteiger partial charge in [0.05, 0.1) is 34.8 Å². The van der Waals surface area contributed by atoms with Crippen LogP contribution in [0.4, 0.5) is 0 Å². The molecule has 124 valence electrons. The number of aliphatic hydroxyl groups is 1. The van der Waals surface area contributed by atoms with Crippen LogP contribution in [0.25, 0.3) is 16.9 Å². The van der Waals surface area contributed by atoms with E-state index in [0.29, 0.717) is 5.02 Å². The number of aromatic nitrogens is 2. The molecule has 0 atom stereocenters. The Morgan fingerprint density at radius 2 is 1.67 bits per heavy atom. The maximum Gasteiger partial charge on any atom is 0.180 e. The average molecular weight is 363 g/mol. The third kappa shape index (κ3) is 3.36. The highest BCUT2D eigenvalue weighted by atomic mass is 35.5. The summed E-state index contributed by atoms with van der Waals surface area (Å²) in [6.07, 6.45) is 1.68. The number of aliphatic hydroxyl groups excluding tert-OH is 1. The Bertz CT molecular complexity index is 933. The zero-order valence-corrected chi connectivity index (χ0v) is 14.2. The van der Waals surface area contributed by atoms with Gasteiger partial charge in [0.25, 0.3) is 0 Å². The van der Waals surface area contributed by atoms with Crippen molar-refractivity contribution in [3.63, 3.8) is 0 Å². The lowest BCUT2D eigenvalue weighted by atomic mass is 10.1.